The summed E-state index contributed by atoms with van der Waals surface area (Å²) in [7, 11) is -2.90. The summed E-state index contributed by atoms with van der Waals surface area (Å²) >= 11 is 0. The van der Waals surface area contributed by atoms with Gasteiger partial charge in [-0.15, -0.1) is 0 Å². The molecule has 0 unspecified atom stereocenters. The van der Waals surface area contributed by atoms with E-state index < -0.39 is 9.84 Å². The molecule has 1 heterocycles. The highest BCUT2D eigenvalue weighted by molar-refractivity contribution is 7.91. The van der Waals surface area contributed by atoms with Gasteiger partial charge in [-0.2, -0.15) is 0 Å². The molecule has 16 heavy (non-hydrogen) atoms. The molecule has 0 saturated carbocycles. The first kappa shape index (κ1) is 11.6. The average Bonchev–Trinajstić information content (AvgIpc) is 2.59. The predicted octanol–water partition coefficient (Wildman–Crippen LogP) is 0.646. The Morgan fingerprint density at radius 1 is 1.25 bits per heavy atom. The summed E-state index contributed by atoms with van der Waals surface area (Å²) in [6.07, 6.45) is 7.29. The highest BCUT2D eigenvalue weighted by Crippen LogP contribution is 2.19. The normalized spacial score (nSPS) is 32.5. The number of carbonyl (C=O) groups is 1. The van der Waals surface area contributed by atoms with Crippen LogP contribution in [0.2, 0.25) is 0 Å². The van der Waals surface area contributed by atoms with Crippen LogP contribution in [0, 0.1) is 5.92 Å². The Labute approximate surface area is 96.0 Å². The van der Waals surface area contributed by atoms with E-state index in [0.29, 0.717) is 6.42 Å². The highest BCUT2D eigenvalue weighted by Gasteiger charge is 2.30. The largest absolute Gasteiger partial charge is 0.352 e. The van der Waals surface area contributed by atoms with Gasteiger partial charge in [-0.1, -0.05) is 12.2 Å². The van der Waals surface area contributed by atoms with Crippen molar-refractivity contribution in [1.29, 1.82) is 0 Å². The quantitative estimate of drug-likeness (QED) is 0.724. The van der Waals surface area contributed by atoms with Crippen LogP contribution in [0.3, 0.4) is 0 Å². The minimum atomic E-state index is -2.90. The lowest BCUT2D eigenvalue weighted by molar-refractivity contribution is -0.125. The summed E-state index contributed by atoms with van der Waals surface area (Å²) in [4.78, 5) is 11.8. The van der Waals surface area contributed by atoms with Crippen LogP contribution in [0.4, 0.5) is 0 Å². The van der Waals surface area contributed by atoms with Gasteiger partial charge in [-0.3, -0.25) is 4.79 Å². The number of carbonyl (C=O) groups excluding carboxylic acids is 1. The van der Waals surface area contributed by atoms with Gasteiger partial charge in [0.25, 0.3) is 0 Å². The lowest BCUT2D eigenvalue weighted by Crippen LogP contribution is -2.39. The molecule has 1 N–H and O–H groups in total. The van der Waals surface area contributed by atoms with Crippen molar-refractivity contribution in [2.45, 2.75) is 31.7 Å². The maximum absolute atomic E-state index is 11.8. The molecule has 2 rings (SSSR count). The van der Waals surface area contributed by atoms with Crippen LogP contribution in [0.1, 0.15) is 25.7 Å². The maximum Gasteiger partial charge on any atom is 0.223 e. The molecule has 0 aromatic heterocycles. The number of rotatable bonds is 2. The molecular weight excluding hydrogens is 226 g/mol. The molecule has 0 radical (unpaired) electrons. The molecule has 0 spiro atoms. The fourth-order valence-electron chi connectivity index (χ4n) is 2.26. The molecule has 0 bridgehead atoms. The molecule has 0 aromatic carbocycles. The van der Waals surface area contributed by atoms with Gasteiger partial charge >= 0.3 is 0 Å². The standard InChI is InChI=1S/C11H17NO3S/c13-11(9-4-2-1-3-5-9)12-10-6-7-16(14,15)8-10/h1-2,9-10H,3-8H2,(H,12,13)/t9-,10-/m0/s1. The van der Waals surface area contributed by atoms with E-state index >= 15 is 0 Å². The first-order chi connectivity index (χ1) is 7.57. The van der Waals surface area contributed by atoms with Gasteiger partial charge in [0.1, 0.15) is 0 Å². The third-order valence-electron chi connectivity index (χ3n) is 3.22. The predicted molar refractivity (Wildman–Crippen MR) is 61.7 cm³/mol. The summed E-state index contributed by atoms with van der Waals surface area (Å²) in [6.45, 7) is 0. The topological polar surface area (TPSA) is 63.2 Å². The lowest BCUT2D eigenvalue weighted by atomic mass is 9.93. The molecule has 5 heteroatoms. The molecule has 2 aliphatic rings. The van der Waals surface area contributed by atoms with Crippen LogP contribution in [0.5, 0.6) is 0 Å². The van der Waals surface area contributed by atoms with Gasteiger partial charge < -0.3 is 5.32 Å². The van der Waals surface area contributed by atoms with E-state index in [2.05, 4.69) is 11.4 Å². The molecule has 1 amide bonds. The lowest BCUT2D eigenvalue weighted by Gasteiger charge is -2.19. The van der Waals surface area contributed by atoms with Crippen molar-refractivity contribution in [1.82, 2.24) is 5.32 Å². The molecule has 1 aliphatic heterocycles. The Balaban J connectivity index is 1.86. The van der Waals surface area contributed by atoms with Crippen LogP contribution in [0.25, 0.3) is 0 Å². The third kappa shape index (κ3) is 2.84. The van der Waals surface area contributed by atoms with E-state index in [1.165, 1.54) is 0 Å². The fraction of sp³-hybridized carbons (Fsp3) is 0.727. The zero-order chi connectivity index (χ0) is 11.6. The Morgan fingerprint density at radius 3 is 2.62 bits per heavy atom. The Hall–Kier alpha value is -0.840. The first-order valence-corrected chi connectivity index (χ1v) is 7.55. The molecule has 4 nitrogen and oxygen atoms in total. The summed E-state index contributed by atoms with van der Waals surface area (Å²) in [6, 6.07) is -0.164. The summed E-state index contributed by atoms with van der Waals surface area (Å²) in [5.41, 5.74) is 0. The summed E-state index contributed by atoms with van der Waals surface area (Å²) in [5.74, 6) is 0.379. The number of sulfone groups is 1. The number of amides is 1. The van der Waals surface area contributed by atoms with E-state index in [1.54, 1.807) is 0 Å². The van der Waals surface area contributed by atoms with E-state index in [4.69, 9.17) is 0 Å². The number of allylic oxidation sites excluding steroid dienone is 2. The zero-order valence-electron chi connectivity index (χ0n) is 9.19. The second-order valence-corrected chi connectivity index (χ2v) is 6.82. The second-order valence-electron chi connectivity index (χ2n) is 4.59. The monoisotopic (exact) mass is 243 g/mol. The van der Waals surface area contributed by atoms with Crippen molar-refractivity contribution in [2.75, 3.05) is 11.5 Å². The van der Waals surface area contributed by atoms with E-state index in [-0.39, 0.29) is 29.4 Å². The van der Waals surface area contributed by atoms with Gasteiger partial charge in [0.05, 0.1) is 11.5 Å². The van der Waals surface area contributed by atoms with Gasteiger partial charge in [0.15, 0.2) is 9.84 Å². The van der Waals surface area contributed by atoms with Crippen LogP contribution < -0.4 is 5.32 Å². The van der Waals surface area contributed by atoms with Crippen molar-refractivity contribution in [2.24, 2.45) is 5.92 Å². The smallest absolute Gasteiger partial charge is 0.223 e. The Morgan fingerprint density at radius 2 is 2.06 bits per heavy atom. The van der Waals surface area contributed by atoms with Crippen LogP contribution in [-0.2, 0) is 14.6 Å². The van der Waals surface area contributed by atoms with E-state index in [1.807, 2.05) is 6.08 Å². The minimum Gasteiger partial charge on any atom is -0.352 e. The maximum atomic E-state index is 11.8. The van der Waals surface area contributed by atoms with Gasteiger partial charge in [0, 0.05) is 12.0 Å². The van der Waals surface area contributed by atoms with Crippen molar-refractivity contribution < 1.29 is 13.2 Å². The fourth-order valence-corrected chi connectivity index (χ4v) is 3.93. The third-order valence-corrected chi connectivity index (χ3v) is 4.99. The molecule has 1 aliphatic carbocycles. The van der Waals surface area contributed by atoms with Crippen molar-refractivity contribution in [3.63, 3.8) is 0 Å². The molecule has 1 fully saturated rings. The molecule has 90 valence electrons. The van der Waals surface area contributed by atoms with Crippen LogP contribution in [-0.4, -0.2) is 31.9 Å². The van der Waals surface area contributed by atoms with Crippen LogP contribution in [0.15, 0.2) is 12.2 Å². The van der Waals surface area contributed by atoms with Crippen LogP contribution >= 0.6 is 0 Å². The van der Waals surface area contributed by atoms with E-state index in [0.717, 1.165) is 19.3 Å². The van der Waals surface area contributed by atoms with Gasteiger partial charge in [-0.05, 0) is 25.7 Å². The average molecular weight is 243 g/mol. The summed E-state index contributed by atoms with van der Waals surface area (Å²) in [5, 5.41) is 2.85. The minimum absolute atomic E-state index is 0.0199. The summed E-state index contributed by atoms with van der Waals surface area (Å²) < 4.78 is 22.5. The van der Waals surface area contributed by atoms with Crippen molar-refractivity contribution >= 4 is 15.7 Å². The first-order valence-electron chi connectivity index (χ1n) is 5.72. The van der Waals surface area contributed by atoms with Crippen molar-refractivity contribution in [3.8, 4) is 0 Å². The molecule has 2 atom stereocenters. The molecule has 0 aromatic rings. The molecule has 1 saturated heterocycles. The molecular formula is C11H17NO3S. The van der Waals surface area contributed by atoms with E-state index in [9.17, 15) is 13.2 Å². The Bertz CT molecular complexity index is 399. The SMILES string of the molecule is O=C(N[C@H]1CCS(=O)(=O)C1)[C@H]1CC=CCC1. The number of hydrogen-bond acceptors (Lipinski definition) is 3. The number of nitrogens with one attached hydrogen (secondary N) is 1. The van der Waals surface area contributed by atoms with Crippen molar-refractivity contribution in [3.05, 3.63) is 12.2 Å². The van der Waals surface area contributed by atoms with Gasteiger partial charge in [0.2, 0.25) is 5.91 Å². The second kappa shape index (κ2) is 4.57. The zero-order valence-corrected chi connectivity index (χ0v) is 10.0. The number of hydrogen-bond donors (Lipinski definition) is 1. The highest BCUT2D eigenvalue weighted by atomic mass is 32.2. The van der Waals surface area contributed by atoms with Gasteiger partial charge in [-0.25, -0.2) is 8.42 Å². The Kier molecular flexibility index (Phi) is 3.33.